The third-order valence-electron chi connectivity index (χ3n) is 5.45. The molecule has 7 heteroatoms. The number of carbonyl (C=O) groups is 2. The lowest BCUT2D eigenvalue weighted by Gasteiger charge is -2.15. The third-order valence-corrected chi connectivity index (χ3v) is 5.71. The Morgan fingerprint density at radius 1 is 1.06 bits per heavy atom. The number of methoxy groups -OCH3 is 1. The monoisotopic (exact) mass is 448 g/mol. The van der Waals surface area contributed by atoms with Gasteiger partial charge in [0.1, 0.15) is 5.75 Å². The molecule has 3 aromatic rings. The maximum Gasteiger partial charge on any atom is 0.304 e. The van der Waals surface area contributed by atoms with Gasteiger partial charge in [-0.2, -0.15) is 0 Å². The molecule has 1 aliphatic heterocycles. The molecule has 2 atom stereocenters. The average Bonchev–Trinajstić information content (AvgIpc) is 3.10. The Morgan fingerprint density at radius 2 is 1.75 bits per heavy atom. The number of ether oxygens (including phenoxy) is 1. The van der Waals surface area contributed by atoms with Crippen molar-refractivity contribution < 1.29 is 19.0 Å². The maximum atomic E-state index is 13.0. The highest BCUT2D eigenvalue weighted by atomic mass is 35.5. The van der Waals surface area contributed by atoms with Crippen molar-refractivity contribution in [1.82, 2.24) is 10.7 Å². The standard InChI is InChI=1S/C25H22ClN3O3/c1-16-5-3-4-6-19(16)15-29-23(17-9-13-21(32-2)14-10-17)22(25(31)28-29)27-24(30)18-7-11-20(26)12-8-18/h3-15,22-23H,1-2H3,(H-,27,28,30,31)/p+1/b29-15-/t22-,23-/m0/s1. The number of carbonyl (C=O) groups excluding carboxylic acids is 2. The Morgan fingerprint density at radius 3 is 2.41 bits per heavy atom. The van der Waals surface area contributed by atoms with Crippen LogP contribution >= 0.6 is 11.6 Å². The summed E-state index contributed by atoms with van der Waals surface area (Å²) in [6.07, 6.45) is 1.89. The normalized spacial score (nSPS) is 19.0. The maximum absolute atomic E-state index is 13.0. The third kappa shape index (κ3) is 4.50. The van der Waals surface area contributed by atoms with E-state index >= 15 is 0 Å². The summed E-state index contributed by atoms with van der Waals surface area (Å²) < 4.78 is 7.01. The van der Waals surface area contributed by atoms with Gasteiger partial charge in [-0.1, -0.05) is 29.8 Å². The van der Waals surface area contributed by atoms with Crippen LogP contribution in [-0.2, 0) is 4.79 Å². The van der Waals surface area contributed by atoms with Gasteiger partial charge in [-0.3, -0.25) is 9.59 Å². The van der Waals surface area contributed by atoms with Crippen LogP contribution in [0.1, 0.15) is 33.1 Å². The van der Waals surface area contributed by atoms with Gasteiger partial charge >= 0.3 is 5.91 Å². The van der Waals surface area contributed by atoms with Crippen molar-refractivity contribution in [3.63, 3.8) is 0 Å². The van der Waals surface area contributed by atoms with E-state index in [0.717, 1.165) is 16.7 Å². The van der Waals surface area contributed by atoms with E-state index in [0.29, 0.717) is 16.3 Å². The number of hydrogen-bond donors (Lipinski definition) is 2. The number of halogens is 1. The molecule has 0 aliphatic carbocycles. The van der Waals surface area contributed by atoms with Gasteiger partial charge in [-0.25, -0.2) is 0 Å². The van der Waals surface area contributed by atoms with Gasteiger partial charge in [0.2, 0.25) is 12.3 Å². The molecule has 1 fully saturated rings. The molecule has 0 radical (unpaired) electrons. The molecular weight excluding hydrogens is 426 g/mol. The first-order valence-electron chi connectivity index (χ1n) is 10.2. The van der Waals surface area contributed by atoms with Crippen LogP contribution < -0.4 is 15.5 Å². The number of benzene rings is 3. The zero-order valence-electron chi connectivity index (χ0n) is 17.7. The second kappa shape index (κ2) is 9.24. The van der Waals surface area contributed by atoms with Gasteiger partial charge in [-0.05, 0) is 67.1 Å². The summed E-state index contributed by atoms with van der Waals surface area (Å²) in [5, 5.41) is 3.42. The fraction of sp³-hybridized carbons (Fsp3) is 0.160. The van der Waals surface area contributed by atoms with E-state index in [-0.39, 0.29) is 11.8 Å². The van der Waals surface area contributed by atoms with Crippen LogP contribution in [0.5, 0.6) is 5.75 Å². The van der Waals surface area contributed by atoms with Gasteiger partial charge < -0.3 is 10.1 Å². The van der Waals surface area contributed by atoms with Crippen molar-refractivity contribution in [2.45, 2.75) is 19.0 Å². The molecule has 0 aromatic heterocycles. The first-order valence-corrected chi connectivity index (χ1v) is 10.5. The zero-order chi connectivity index (χ0) is 22.7. The lowest BCUT2D eigenvalue weighted by atomic mass is 9.99. The van der Waals surface area contributed by atoms with Crippen LogP contribution in [0.25, 0.3) is 0 Å². The molecule has 1 heterocycles. The van der Waals surface area contributed by atoms with Crippen LogP contribution in [0, 0.1) is 6.92 Å². The fourth-order valence-electron chi connectivity index (χ4n) is 3.69. The van der Waals surface area contributed by atoms with E-state index in [1.165, 1.54) is 0 Å². The Bertz CT molecular complexity index is 1170. The molecule has 1 saturated heterocycles. The minimum Gasteiger partial charge on any atom is -0.497 e. The molecule has 2 amide bonds. The smallest absolute Gasteiger partial charge is 0.304 e. The highest BCUT2D eigenvalue weighted by Crippen LogP contribution is 2.27. The SMILES string of the molecule is COc1ccc([C@H]2[C@H](NC(=O)c3ccc(Cl)cc3)C(=O)N/[N+]2=C\c2ccccc2C)cc1. The number of nitrogens with one attached hydrogen (secondary N) is 2. The molecular formula is C25H23ClN3O3+. The predicted octanol–water partition coefficient (Wildman–Crippen LogP) is 3.67. The lowest BCUT2D eigenvalue weighted by molar-refractivity contribution is -0.596. The van der Waals surface area contributed by atoms with E-state index in [1.807, 2.05) is 61.7 Å². The van der Waals surface area contributed by atoms with Gasteiger partial charge in [0.05, 0.1) is 7.11 Å². The molecule has 162 valence electrons. The average molecular weight is 449 g/mol. The molecule has 3 aromatic carbocycles. The van der Waals surface area contributed by atoms with Crippen molar-refractivity contribution in [3.05, 3.63) is 100 Å². The highest BCUT2D eigenvalue weighted by molar-refractivity contribution is 6.30. The Labute approximate surface area is 191 Å². The van der Waals surface area contributed by atoms with E-state index in [1.54, 1.807) is 36.1 Å². The van der Waals surface area contributed by atoms with E-state index in [4.69, 9.17) is 16.3 Å². The van der Waals surface area contributed by atoms with Crippen molar-refractivity contribution in [1.29, 1.82) is 0 Å². The molecule has 1 aliphatic rings. The van der Waals surface area contributed by atoms with E-state index in [9.17, 15) is 9.59 Å². The van der Waals surface area contributed by atoms with Crippen LogP contribution in [0.2, 0.25) is 5.02 Å². The molecule has 0 saturated carbocycles. The summed E-state index contributed by atoms with van der Waals surface area (Å²) in [7, 11) is 1.60. The Balaban J connectivity index is 1.71. The van der Waals surface area contributed by atoms with Gasteiger partial charge in [0.15, 0.2) is 6.04 Å². The number of hydrogen-bond acceptors (Lipinski definition) is 3. The lowest BCUT2D eigenvalue weighted by Crippen LogP contribution is -2.42. The second-order valence-corrected chi connectivity index (χ2v) is 7.98. The van der Waals surface area contributed by atoms with Crippen molar-refractivity contribution in [3.8, 4) is 5.75 Å². The van der Waals surface area contributed by atoms with Gasteiger partial charge in [-0.15, -0.1) is 10.1 Å². The zero-order valence-corrected chi connectivity index (χ0v) is 18.5. The molecule has 2 N–H and O–H groups in total. The number of hydrazine groups is 1. The summed E-state index contributed by atoms with van der Waals surface area (Å²) in [5.41, 5.74) is 6.22. The number of amides is 2. The first kappa shape index (κ1) is 21.6. The molecule has 0 bridgehead atoms. The number of nitrogens with zero attached hydrogens (tertiary/aromatic N) is 1. The van der Waals surface area contributed by atoms with Crippen molar-refractivity contribution in [2.24, 2.45) is 0 Å². The summed E-state index contributed by atoms with van der Waals surface area (Å²) in [5.74, 6) is 0.0678. The first-order chi connectivity index (χ1) is 15.5. The summed E-state index contributed by atoms with van der Waals surface area (Å²) >= 11 is 5.93. The molecule has 6 nitrogen and oxygen atoms in total. The van der Waals surface area contributed by atoms with Crippen molar-refractivity contribution >= 4 is 29.6 Å². The predicted molar refractivity (Wildman–Crippen MR) is 123 cm³/mol. The number of hydrazone groups is 1. The van der Waals surface area contributed by atoms with Gasteiger partial charge in [0.25, 0.3) is 5.91 Å². The minimum atomic E-state index is -0.799. The van der Waals surface area contributed by atoms with Gasteiger partial charge in [0, 0.05) is 21.7 Å². The molecule has 0 unspecified atom stereocenters. The van der Waals surface area contributed by atoms with Crippen molar-refractivity contribution in [2.75, 3.05) is 7.11 Å². The van der Waals surface area contributed by atoms with Crippen LogP contribution in [0.3, 0.4) is 0 Å². The minimum absolute atomic E-state index is 0.294. The topological polar surface area (TPSA) is 70.4 Å². The van der Waals surface area contributed by atoms with Crippen LogP contribution in [-0.4, -0.2) is 35.9 Å². The molecule has 32 heavy (non-hydrogen) atoms. The van der Waals surface area contributed by atoms with Crippen LogP contribution in [0.4, 0.5) is 0 Å². The van der Waals surface area contributed by atoms with E-state index < -0.39 is 12.1 Å². The molecule has 0 spiro atoms. The van der Waals surface area contributed by atoms with Crippen LogP contribution in [0.15, 0.2) is 72.8 Å². The Kier molecular flexibility index (Phi) is 6.23. The highest BCUT2D eigenvalue weighted by Gasteiger charge is 2.47. The summed E-state index contributed by atoms with van der Waals surface area (Å²) in [6, 6.07) is 20.6. The molecule has 4 rings (SSSR count). The fourth-order valence-corrected chi connectivity index (χ4v) is 3.81. The largest absolute Gasteiger partial charge is 0.497 e. The van der Waals surface area contributed by atoms with E-state index in [2.05, 4.69) is 10.7 Å². The summed E-state index contributed by atoms with van der Waals surface area (Å²) in [4.78, 5) is 25.8. The number of aryl methyl sites for hydroxylation is 1. The number of rotatable bonds is 5. The Hall–Kier alpha value is -3.64. The second-order valence-electron chi connectivity index (χ2n) is 7.55. The summed E-state index contributed by atoms with van der Waals surface area (Å²) in [6.45, 7) is 2.01. The quantitative estimate of drug-likeness (QED) is 0.585.